The Morgan fingerprint density at radius 2 is 1.96 bits per heavy atom. The highest BCUT2D eigenvalue weighted by Gasteiger charge is 2.25. The van der Waals surface area contributed by atoms with Gasteiger partial charge in [0.2, 0.25) is 5.91 Å². The molecule has 1 aromatic carbocycles. The van der Waals surface area contributed by atoms with Crippen LogP contribution in [0.15, 0.2) is 29.2 Å². The van der Waals surface area contributed by atoms with Crippen LogP contribution in [0, 0.1) is 0 Å². The summed E-state index contributed by atoms with van der Waals surface area (Å²) in [7, 11) is -3.21. The second kappa shape index (κ2) is 9.25. The third-order valence-corrected chi connectivity index (χ3v) is 5.18. The predicted octanol–water partition coefficient (Wildman–Crippen LogP) is 1.62. The molecule has 1 aromatic rings. The van der Waals surface area contributed by atoms with Gasteiger partial charge in [0.25, 0.3) is 0 Å². The highest BCUT2D eigenvalue weighted by molar-refractivity contribution is 7.90. The molecule has 1 fully saturated rings. The minimum absolute atomic E-state index is 0. The number of carbonyl (C=O) groups excluding carboxylic acids is 1. The second-order valence-corrected chi connectivity index (χ2v) is 7.83. The van der Waals surface area contributed by atoms with Gasteiger partial charge >= 0.3 is 0 Å². The number of nitrogens with two attached hydrogens (primary N) is 1. The van der Waals surface area contributed by atoms with Crippen LogP contribution in [0.3, 0.4) is 0 Å². The lowest BCUT2D eigenvalue weighted by atomic mass is 10.0. The third-order valence-electron chi connectivity index (χ3n) is 4.06. The monoisotopic (exact) mass is 376 g/mol. The van der Waals surface area contributed by atoms with Gasteiger partial charge in [0.1, 0.15) is 5.75 Å². The zero-order valence-electron chi connectivity index (χ0n) is 13.8. The van der Waals surface area contributed by atoms with Gasteiger partial charge in [-0.05, 0) is 43.5 Å². The Kier molecular flexibility index (Phi) is 7.99. The largest absolute Gasteiger partial charge is 0.493 e. The van der Waals surface area contributed by atoms with Gasteiger partial charge < -0.3 is 15.4 Å². The van der Waals surface area contributed by atoms with Gasteiger partial charge in [-0.3, -0.25) is 4.79 Å². The maximum absolute atomic E-state index is 12.3. The number of rotatable bonds is 6. The summed E-state index contributed by atoms with van der Waals surface area (Å²) < 4.78 is 28.3. The smallest absolute Gasteiger partial charge is 0.226 e. The normalized spacial score (nSPS) is 17.9. The van der Waals surface area contributed by atoms with Crippen LogP contribution in [-0.2, 0) is 14.6 Å². The van der Waals surface area contributed by atoms with Crippen molar-refractivity contribution in [2.45, 2.75) is 36.6 Å². The molecular formula is C16H25ClN2O4S. The maximum atomic E-state index is 12.3. The summed E-state index contributed by atoms with van der Waals surface area (Å²) in [6, 6.07) is 6.35. The first-order valence-electron chi connectivity index (χ1n) is 7.84. The quantitative estimate of drug-likeness (QED) is 0.814. The number of carbonyl (C=O) groups is 1. The van der Waals surface area contributed by atoms with Crippen molar-refractivity contribution in [2.75, 3.05) is 26.0 Å². The summed E-state index contributed by atoms with van der Waals surface area (Å²) in [6.45, 7) is 1.54. The highest BCUT2D eigenvalue weighted by Crippen LogP contribution is 2.18. The molecule has 1 amide bonds. The fourth-order valence-electron chi connectivity index (χ4n) is 2.76. The van der Waals surface area contributed by atoms with E-state index in [0.29, 0.717) is 18.7 Å². The average Bonchev–Trinajstić information content (AvgIpc) is 2.54. The molecule has 0 saturated carbocycles. The van der Waals surface area contributed by atoms with Crippen LogP contribution in [0.25, 0.3) is 0 Å². The Morgan fingerprint density at radius 1 is 1.29 bits per heavy atom. The molecule has 24 heavy (non-hydrogen) atoms. The molecule has 8 heteroatoms. The van der Waals surface area contributed by atoms with Crippen molar-refractivity contribution in [3.05, 3.63) is 24.3 Å². The lowest BCUT2D eigenvalue weighted by Gasteiger charge is -2.35. The molecule has 0 aliphatic carbocycles. The molecule has 1 aliphatic heterocycles. The first kappa shape index (κ1) is 20.7. The van der Waals surface area contributed by atoms with Crippen molar-refractivity contribution in [2.24, 2.45) is 5.73 Å². The zero-order chi connectivity index (χ0) is 16.9. The first-order valence-corrected chi connectivity index (χ1v) is 9.73. The molecule has 2 N–H and O–H groups in total. The number of likely N-dealkylation sites (tertiary alicyclic amines) is 1. The molecule has 2 rings (SSSR count). The van der Waals surface area contributed by atoms with Gasteiger partial charge in [-0.1, -0.05) is 0 Å². The van der Waals surface area contributed by atoms with E-state index < -0.39 is 9.84 Å². The van der Waals surface area contributed by atoms with E-state index in [0.717, 1.165) is 32.1 Å². The molecule has 0 bridgehead atoms. The standard InChI is InChI=1S/C16H24N2O4S.ClH/c1-23(20,21)15-7-5-14(6-8-15)22-11-9-16(19)18-10-3-2-4-13(18)12-17;/h5-8,13H,2-4,9-12,17H2,1H3;1H. The van der Waals surface area contributed by atoms with Crippen LogP contribution in [0.1, 0.15) is 25.7 Å². The molecule has 1 heterocycles. The molecule has 1 saturated heterocycles. The van der Waals surface area contributed by atoms with Crippen LogP contribution in [0.5, 0.6) is 5.75 Å². The molecule has 0 spiro atoms. The van der Waals surface area contributed by atoms with Gasteiger partial charge in [0.05, 0.1) is 17.9 Å². The number of halogens is 1. The number of amides is 1. The van der Waals surface area contributed by atoms with Crippen molar-refractivity contribution in [1.82, 2.24) is 4.90 Å². The first-order chi connectivity index (χ1) is 10.9. The summed E-state index contributed by atoms with van der Waals surface area (Å²) in [6.07, 6.45) is 4.57. The van der Waals surface area contributed by atoms with Crippen molar-refractivity contribution in [1.29, 1.82) is 0 Å². The van der Waals surface area contributed by atoms with E-state index in [1.54, 1.807) is 12.1 Å². The fourth-order valence-corrected chi connectivity index (χ4v) is 3.39. The number of sulfone groups is 1. The van der Waals surface area contributed by atoms with Crippen LogP contribution < -0.4 is 10.5 Å². The van der Waals surface area contributed by atoms with Gasteiger partial charge in [0.15, 0.2) is 9.84 Å². The Hall–Kier alpha value is -1.31. The van der Waals surface area contributed by atoms with Gasteiger partial charge in [-0.15, -0.1) is 12.4 Å². The van der Waals surface area contributed by atoms with Crippen molar-refractivity contribution >= 4 is 28.2 Å². The molecule has 136 valence electrons. The number of ether oxygens (including phenoxy) is 1. The summed E-state index contributed by atoms with van der Waals surface area (Å²) in [5.41, 5.74) is 5.73. The highest BCUT2D eigenvalue weighted by atomic mass is 35.5. The van der Waals surface area contributed by atoms with Gasteiger partial charge in [0, 0.05) is 25.4 Å². The van der Waals surface area contributed by atoms with Gasteiger partial charge in [-0.25, -0.2) is 8.42 Å². The fraction of sp³-hybridized carbons (Fsp3) is 0.562. The Morgan fingerprint density at radius 3 is 2.54 bits per heavy atom. The van der Waals surface area contributed by atoms with Crippen LogP contribution in [0.2, 0.25) is 0 Å². The Labute approximate surface area is 149 Å². The summed E-state index contributed by atoms with van der Waals surface area (Å²) in [5, 5.41) is 0. The van der Waals surface area contributed by atoms with E-state index in [4.69, 9.17) is 10.5 Å². The minimum Gasteiger partial charge on any atom is -0.493 e. The number of nitrogens with zero attached hydrogens (tertiary/aromatic N) is 1. The van der Waals surface area contributed by atoms with E-state index in [9.17, 15) is 13.2 Å². The predicted molar refractivity (Wildman–Crippen MR) is 95.3 cm³/mol. The van der Waals surface area contributed by atoms with E-state index in [1.807, 2.05) is 4.90 Å². The molecule has 6 nitrogen and oxygen atoms in total. The summed E-state index contributed by atoms with van der Waals surface area (Å²) in [5.74, 6) is 0.618. The van der Waals surface area contributed by atoms with E-state index in [2.05, 4.69) is 0 Å². The summed E-state index contributed by atoms with van der Waals surface area (Å²) in [4.78, 5) is 14.4. The van der Waals surface area contributed by atoms with E-state index in [-0.39, 0.29) is 35.9 Å². The number of piperidine rings is 1. The minimum atomic E-state index is -3.21. The van der Waals surface area contributed by atoms with E-state index in [1.165, 1.54) is 12.1 Å². The van der Waals surface area contributed by atoms with Crippen LogP contribution in [-0.4, -0.2) is 51.2 Å². The van der Waals surface area contributed by atoms with Crippen molar-refractivity contribution in [3.8, 4) is 5.75 Å². The second-order valence-electron chi connectivity index (χ2n) is 5.81. The molecule has 1 aliphatic rings. The van der Waals surface area contributed by atoms with Crippen molar-refractivity contribution in [3.63, 3.8) is 0 Å². The molecular weight excluding hydrogens is 352 g/mol. The molecule has 1 unspecified atom stereocenters. The number of hydrogen-bond donors (Lipinski definition) is 1. The summed E-state index contributed by atoms with van der Waals surface area (Å²) >= 11 is 0. The Balaban J connectivity index is 0.00000288. The van der Waals surface area contributed by atoms with Crippen LogP contribution >= 0.6 is 12.4 Å². The zero-order valence-corrected chi connectivity index (χ0v) is 15.4. The molecule has 1 atom stereocenters. The topological polar surface area (TPSA) is 89.7 Å². The van der Waals surface area contributed by atoms with Crippen LogP contribution in [0.4, 0.5) is 0 Å². The lowest BCUT2D eigenvalue weighted by Crippen LogP contribution is -2.47. The SMILES string of the molecule is CS(=O)(=O)c1ccc(OCCC(=O)N2CCCCC2CN)cc1.Cl. The number of hydrogen-bond acceptors (Lipinski definition) is 5. The lowest BCUT2D eigenvalue weighted by molar-refractivity contribution is -0.135. The van der Waals surface area contributed by atoms with Gasteiger partial charge in [-0.2, -0.15) is 0 Å². The third kappa shape index (κ3) is 5.65. The maximum Gasteiger partial charge on any atom is 0.226 e. The Bertz CT molecular complexity index is 634. The molecule has 0 radical (unpaired) electrons. The van der Waals surface area contributed by atoms with Crippen molar-refractivity contribution < 1.29 is 17.9 Å². The van der Waals surface area contributed by atoms with E-state index >= 15 is 0 Å². The average molecular weight is 377 g/mol. The molecule has 0 aromatic heterocycles. The number of benzene rings is 1.